The number of hydrogen-bond acceptors (Lipinski definition) is 2. The van der Waals surface area contributed by atoms with Gasteiger partial charge < -0.3 is 5.32 Å². The number of thioether (sulfide) groups is 1. The van der Waals surface area contributed by atoms with Crippen molar-refractivity contribution in [2.75, 3.05) is 5.75 Å². The van der Waals surface area contributed by atoms with Gasteiger partial charge in [-0.3, -0.25) is 0 Å². The first-order valence-electron chi connectivity index (χ1n) is 6.83. The summed E-state index contributed by atoms with van der Waals surface area (Å²) in [5, 5.41) is 3.51. The predicted octanol–water partition coefficient (Wildman–Crippen LogP) is 4.71. The molecule has 0 saturated carbocycles. The van der Waals surface area contributed by atoms with Crippen molar-refractivity contribution < 1.29 is 0 Å². The van der Waals surface area contributed by atoms with Gasteiger partial charge in [0.05, 0.1) is 0 Å². The highest BCUT2D eigenvalue weighted by molar-refractivity contribution is 7.99. The molecule has 0 heterocycles. The zero-order valence-electron chi connectivity index (χ0n) is 12.4. The lowest BCUT2D eigenvalue weighted by Gasteiger charge is -2.20. The van der Waals surface area contributed by atoms with Crippen molar-refractivity contribution in [3.8, 4) is 0 Å². The highest BCUT2D eigenvalue weighted by atomic mass is 32.2. The van der Waals surface area contributed by atoms with Crippen LogP contribution in [-0.2, 0) is 6.54 Å². The molecule has 0 radical (unpaired) electrons. The molecule has 0 aliphatic carbocycles. The van der Waals surface area contributed by atoms with Gasteiger partial charge >= 0.3 is 0 Å². The molecular weight excluding hydrogens is 238 g/mol. The zero-order chi connectivity index (χ0) is 13.6. The van der Waals surface area contributed by atoms with Crippen molar-refractivity contribution in [1.29, 1.82) is 0 Å². The topological polar surface area (TPSA) is 12.0 Å². The molecule has 18 heavy (non-hydrogen) atoms. The predicted molar refractivity (Wildman–Crippen MR) is 83.2 cm³/mol. The highest BCUT2D eigenvalue weighted by Gasteiger charge is 2.08. The maximum Gasteiger partial charge on any atom is 0.0210 e. The molecule has 1 aromatic rings. The van der Waals surface area contributed by atoms with Gasteiger partial charge in [0.2, 0.25) is 0 Å². The summed E-state index contributed by atoms with van der Waals surface area (Å²) in [6, 6.07) is 8.95. The Labute approximate surface area is 117 Å². The largest absolute Gasteiger partial charge is 0.308 e. The van der Waals surface area contributed by atoms with Crippen LogP contribution in [0, 0.1) is 5.92 Å². The third kappa shape index (κ3) is 7.07. The van der Waals surface area contributed by atoms with Gasteiger partial charge in [-0.05, 0) is 56.6 Å². The van der Waals surface area contributed by atoms with E-state index in [4.69, 9.17) is 0 Å². The van der Waals surface area contributed by atoms with Gasteiger partial charge in [-0.15, -0.1) is 11.8 Å². The summed E-state index contributed by atoms with van der Waals surface area (Å²) in [7, 11) is 0. The highest BCUT2D eigenvalue weighted by Crippen LogP contribution is 2.21. The van der Waals surface area contributed by atoms with E-state index in [0.29, 0.717) is 0 Å². The second-order valence-electron chi connectivity index (χ2n) is 6.28. The van der Waals surface area contributed by atoms with Gasteiger partial charge in [0, 0.05) is 17.0 Å². The van der Waals surface area contributed by atoms with E-state index in [9.17, 15) is 0 Å². The van der Waals surface area contributed by atoms with Gasteiger partial charge in [-0.1, -0.05) is 26.0 Å². The average molecular weight is 265 g/mol. The SMILES string of the molecule is CC(C)CCSc1ccc(CNC(C)(C)C)cc1. The maximum atomic E-state index is 3.51. The molecule has 0 aliphatic heterocycles. The van der Waals surface area contributed by atoms with E-state index in [2.05, 4.69) is 64.2 Å². The summed E-state index contributed by atoms with van der Waals surface area (Å²) in [6.45, 7) is 12.1. The van der Waals surface area contributed by atoms with Crippen LogP contribution in [0.2, 0.25) is 0 Å². The van der Waals surface area contributed by atoms with Crippen LogP contribution in [-0.4, -0.2) is 11.3 Å². The quantitative estimate of drug-likeness (QED) is 0.747. The molecular formula is C16H27NS. The molecule has 2 heteroatoms. The lowest BCUT2D eigenvalue weighted by molar-refractivity contribution is 0.424. The van der Waals surface area contributed by atoms with Crippen LogP contribution in [0.15, 0.2) is 29.2 Å². The molecule has 0 bridgehead atoms. The second kappa shape index (κ2) is 7.20. The summed E-state index contributed by atoms with van der Waals surface area (Å²) in [6.07, 6.45) is 1.29. The Hall–Kier alpha value is -0.470. The fourth-order valence-corrected chi connectivity index (χ4v) is 2.64. The fourth-order valence-electron chi connectivity index (χ4n) is 1.48. The zero-order valence-corrected chi connectivity index (χ0v) is 13.2. The Morgan fingerprint density at radius 2 is 1.72 bits per heavy atom. The van der Waals surface area contributed by atoms with Gasteiger partial charge in [-0.25, -0.2) is 0 Å². The smallest absolute Gasteiger partial charge is 0.0210 e. The normalized spacial score (nSPS) is 12.1. The van der Waals surface area contributed by atoms with E-state index in [-0.39, 0.29) is 5.54 Å². The molecule has 1 rings (SSSR count). The fraction of sp³-hybridized carbons (Fsp3) is 0.625. The van der Waals surface area contributed by atoms with E-state index >= 15 is 0 Å². The molecule has 0 saturated heterocycles. The van der Waals surface area contributed by atoms with Gasteiger partial charge in [0.1, 0.15) is 0 Å². The molecule has 0 aliphatic rings. The Morgan fingerprint density at radius 1 is 1.11 bits per heavy atom. The summed E-state index contributed by atoms with van der Waals surface area (Å²) in [5.41, 5.74) is 1.54. The maximum absolute atomic E-state index is 3.51. The summed E-state index contributed by atoms with van der Waals surface area (Å²) >= 11 is 1.96. The number of nitrogens with one attached hydrogen (secondary N) is 1. The minimum atomic E-state index is 0.185. The van der Waals surface area contributed by atoms with E-state index in [1.807, 2.05) is 11.8 Å². The van der Waals surface area contributed by atoms with Crippen molar-refractivity contribution in [3.63, 3.8) is 0 Å². The molecule has 1 aromatic carbocycles. The molecule has 0 amide bonds. The van der Waals surface area contributed by atoms with E-state index in [1.165, 1.54) is 22.6 Å². The van der Waals surface area contributed by atoms with Crippen molar-refractivity contribution in [3.05, 3.63) is 29.8 Å². The lowest BCUT2D eigenvalue weighted by Crippen LogP contribution is -2.35. The van der Waals surface area contributed by atoms with E-state index < -0.39 is 0 Å². The molecule has 1 nitrogen and oxygen atoms in total. The minimum Gasteiger partial charge on any atom is -0.308 e. The van der Waals surface area contributed by atoms with Gasteiger partial charge in [-0.2, -0.15) is 0 Å². The first kappa shape index (κ1) is 15.6. The van der Waals surface area contributed by atoms with Gasteiger partial charge in [0.15, 0.2) is 0 Å². The molecule has 102 valence electrons. The number of benzene rings is 1. The number of hydrogen-bond donors (Lipinski definition) is 1. The van der Waals surface area contributed by atoms with Crippen molar-refractivity contribution in [2.24, 2.45) is 5.92 Å². The van der Waals surface area contributed by atoms with Crippen LogP contribution >= 0.6 is 11.8 Å². The monoisotopic (exact) mass is 265 g/mol. The summed E-state index contributed by atoms with van der Waals surface area (Å²) < 4.78 is 0. The molecule has 1 N–H and O–H groups in total. The van der Waals surface area contributed by atoms with Crippen LogP contribution < -0.4 is 5.32 Å². The average Bonchev–Trinajstić information content (AvgIpc) is 2.26. The number of rotatable bonds is 6. The third-order valence-electron chi connectivity index (χ3n) is 2.71. The third-order valence-corrected chi connectivity index (χ3v) is 3.76. The van der Waals surface area contributed by atoms with E-state index in [1.54, 1.807) is 0 Å². The van der Waals surface area contributed by atoms with Crippen molar-refractivity contribution in [2.45, 2.75) is 58.0 Å². The van der Waals surface area contributed by atoms with Gasteiger partial charge in [0.25, 0.3) is 0 Å². The van der Waals surface area contributed by atoms with Crippen LogP contribution in [0.4, 0.5) is 0 Å². The van der Waals surface area contributed by atoms with Crippen LogP contribution in [0.25, 0.3) is 0 Å². The summed E-state index contributed by atoms with van der Waals surface area (Å²) in [5.74, 6) is 2.02. The first-order chi connectivity index (χ1) is 8.37. The molecule has 0 fully saturated rings. The van der Waals surface area contributed by atoms with Crippen molar-refractivity contribution >= 4 is 11.8 Å². The first-order valence-corrected chi connectivity index (χ1v) is 7.82. The summed E-state index contributed by atoms with van der Waals surface area (Å²) in [4.78, 5) is 1.38. The van der Waals surface area contributed by atoms with Crippen LogP contribution in [0.1, 0.15) is 46.6 Å². The molecule has 0 spiro atoms. The van der Waals surface area contributed by atoms with Crippen LogP contribution in [0.5, 0.6) is 0 Å². The van der Waals surface area contributed by atoms with E-state index in [0.717, 1.165) is 12.5 Å². The molecule has 0 unspecified atom stereocenters. The molecule has 0 atom stereocenters. The Bertz CT molecular complexity index is 335. The van der Waals surface area contributed by atoms with Crippen molar-refractivity contribution in [1.82, 2.24) is 5.32 Å². The molecule has 0 aromatic heterocycles. The minimum absolute atomic E-state index is 0.185. The lowest BCUT2D eigenvalue weighted by atomic mass is 10.1. The Morgan fingerprint density at radius 3 is 2.22 bits per heavy atom. The Kier molecular flexibility index (Phi) is 6.24. The second-order valence-corrected chi connectivity index (χ2v) is 7.45. The van der Waals surface area contributed by atoms with Crippen LogP contribution in [0.3, 0.4) is 0 Å². The Balaban J connectivity index is 2.38. The standard InChI is InChI=1S/C16H27NS/c1-13(2)10-11-18-15-8-6-14(7-9-15)12-17-16(3,4)5/h6-9,13,17H,10-12H2,1-5H3.